The first-order chi connectivity index (χ1) is 10.1. The van der Waals surface area contributed by atoms with Crippen LogP contribution in [0.1, 0.15) is 16.4 Å². The summed E-state index contributed by atoms with van der Waals surface area (Å²) in [7, 11) is 1.60. The Kier molecular flexibility index (Phi) is 3.49. The number of ether oxygens (including phenoxy) is 1. The van der Waals surface area contributed by atoms with E-state index in [1.807, 2.05) is 24.3 Å². The van der Waals surface area contributed by atoms with Gasteiger partial charge in [0.25, 0.3) is 0 Å². The van der Waals surface area contributed by atoms with E-state index in [2.05, 4.69) is 11.1 Å². The third-order valence-electron chi connectivity index (χ3n) is 3.24. The molecule has 1 aliphatic heterocycles. The second-order valence-electron chi connectivity index (χ2n) is 4.41. The Morgan fingerprint density at radius 1 is 1.38 bits per heavy atom. The van der Waals surface area contributed by atoms with Crippen LogP contribution in [0.25, 0.3) is 0 Å². The van der Waals surface area contributed by atoms with E-state index in [0.717, 1.165) is 32.6 Å². The number of rotatable bonds is 2. The highest BCUT2D eigenvalue weighted by atomic mass is 32.2. The number of aromatic amines is 1. The first-order valence-corrected chi connectivity index (χ1v) is 7.72. The highest BCUT2D eigenvalue weighted by molar-refractivity contribution is 8.03. The van der Waals surface area contributed by atoms with Crippen molar-refractivity contribution in [3.8, 4) is 11.8 Å². The Bertz CT molecular complexity index is 812. The molecule has 0 radical (unpaired) electrons. The topological polar surface area (TPSA) is 91.9 Å². The maximum atomic E-state index is 11.6. The molecule has 2 aromatic rings. The number of hydrogen-bond donors (Lipinski definition) is 2. The van der Waals surface area contributed by atoms with Gasteiger partial charge >= 0.3 is 4.87 Å². The second kappa shape index (κ2) is 5.31. The zero-order chi connectivity index (χ0) is 15.0. The monoisotopic (exact) mass is 317 g/mol. The summed E-state index contributed by atoms with van der Waals surface area (Å²) in [6.45, 7) is 0. The summed E-state index contributed by atoms with van der Waals surface area (Å²) in [6, 6.07) is 9.61. The van der Waals surface area contributed by atoms with Crippen LogP contribution in [-0.4, -0.2) is 12.1 Å². The van der Waals surface area contributed by atoms with Crippen molar-refractivity contribution in [3.63, 3.8) is 0 Å². The molecule has 0 saturated heterocycles. The first kappa shape index (κ1) is 13.8. The lowest BCUT2D eigenvalue weighted by atomic mass is 9.91. The van der Waals surface area contributed by atoms with Gasteiger partial charge in [-0.25, -0.2) is 0 Å². The molecular weight excluding hydrogens is 306 g/mol. The summed E-state index contributed by atoms with van der Waals surface area (Å²) in [5, 5.41) is 10.6. The first-order valence-electron chi connectivity index (χ1n) is 6.08. The summed E-state index contributed by atoms with van der Waals surface area (Å²) in [5.41, 5.74) is 7.36. The maximum Gasteiger partial charge on any atom is 0.305 e. The fraction of sp³-hybridized carbons (Fsp3) is 0.143. The molecule has 2 heterocycles. The molecule has 5 nitrogen and oxygen atoms in total. The summed E-state index contributed by atoms with van der Waals surface area (Å²) >= 11 is 2.36. The molecule has 0 saturated carbocycles. The summed E-state index contributed by atoms with van der Waals surface area (Å²) < 4.78 is 5.14. The van der Waals surface area contributed by atoms with Crippen molar-refractivity contribution in [3.05, 3.63) is 55.0 Å². The van der Waals surface area contributed by atoms with Crippen LogP contribution >= 0.6 is 23.1 Å². The third kappa shape index (κ3) is 2.33. The molecule has 0 spiro atoms. The molecule has 1 atom stereocenters. The molecule has 3 N–H and O–H groups in total. The van der Waals surface area contributed by atoms with Crippen LogP contribution in [-0.2, 0) is 0 Å². The Balaban J connectivity index is 2.17. The predicted octanol–water partition coefficient (Wildman–Crippen LogP) is 2.38. The number of nitrogens with zero attached hydrogens (tertiary/aromatic N) is 1. The van der Waals surface area contributed by atoms with Crippen LogP contribution in [0.2, 0.25) is 0 Å². The average Bonchev–Trinajstić information content (AvgIpc) is 2.85. The van der Waals surface area contributed by atoms with Crippen molar-refractivity contribution in [2.24, 2.45) is 5.73 Å². The van der Waals surface area contributed by atoms with Gasteiger partial charge in [0.2, 0.25) is 0 Å². The van der Waals surface area contributed by atoms with Crippen molar-refractivity contribution < 1.29 is 4.74 Å². The number of aromatic nitrogens is 1. The van der Waals surface area contributed by atoms with Gasteiger partial charge in [-0.3, -0.25) is 4.79 Å². The van der Waals surface area contributed by atoms with Crippen LogP contribution in [0.15, 0.2) is 44.7 Å². The lowest BCUT2D eigenvalue weighted by Crippen LogP contribution is -2.13. The fourth-order valence-corrected chi connectivity index (χ4v) is 4.30. The molecule has 0 bridgehead atoms. The van der Waals surface area contributed by atoms with Crippen LogP contribution in [0, 0.1) is 11.3 Å². The minimum atomic E-state index is -0.305. The van der Waals surface area contributed by atoms with Gasteiger partial charge in [0.05, 0.1) is 39.6 Å². The van der Waals surface area contributed by atoms with Crippen LogP contribution in [0.4, 0.5) is 0 Å². The lowest BCUT2D eigenvalue weighted by molar-refractivity contribution is 0.414. The Morgan fingerprint density at radius 2 is 2.10 bits per heavy atom. The summed E-state index contributed by atoms with van der Waals surface area (Å²) in [6.07, 6.45) is 0. The van der Waals surface area contributed by atoms with Gasteiger partial charge in [-0.2, -0.15) is 5.26 Å². The van der Waals surface area contributed by atoms with Gasteiger partial charge in [-0.15, -0.1) is 0 Å². The number of hydrogen-bond acceptors (Lipinski definition) is 6. The molecule has 0 amide bonds. The van der Waals surface area contributed by atoms with Gasteiger partial charge in [0.1, 0.15) is 5.75 Å². The zero-order valence-corrected chi connectivity index (χ0v) is 12.7. The van der Waals surface area contributed by atoms with Gasteiger partial charge in [0.15, 0.2) is 0 Å². The van der Waals surface area contributed by atoms with Crippen molar-refractivity contribution in [2.45, 2.75) is 10.9 Å². The molecule has 0 aliphatic carbocycles. The minimum Gasteiger partial charge on any atom is -0.497 e. The SMILES string of the molecule is COc1ccc(C2C(C#N)=C(N)Sc3[nH]c(=O)sc32)cc1. The van der Waals surface area contributed by atoms with Crippen molar-refractivity contribution >= 4 is 23.1 Å². The highest BCUT2D eigenvalue weighted by Crippen LogP contribution is 2.46. The number of thioether (sulfide) groups is 1. The molecule has 1 unspecified atom stereocenters. The normalized spacial score (nSPS) is 17.2. The maximum absolute atomic E-state index is 11.6. The number of nitrogens with one attached hydrogen (secondary N) is 1. The van der Waals surface area contributed by atoms with Gasteiger partial charge < -0.3 is 15.5 Å². The van der Waals surface area contributed by atoms with Crippen LogP contribution < -0.4 is 15.3 Å². The second-order valence-corrected chi connectivity index (χ2v) is 6.47. The number of allylic oxidation sites excluding steroid dienone is 1. The molecule has 0 fully saturated rings. The number of fused-ring (bicyclic) bond motifs is 1. The zero-order valence-electron chi connectivity index (χ0n) is 11.0. The van der Waals surface area contributed by atoms with Crippen molar-refractivity contribution in [1.29, 1.82) is 5.26 Å². The molecule has 3 rings (SSSR count). The van der Waals surface area contributed by atoms with Crippen molar-refractivity contribution in [2.75, 3.05) is 7.11 Å². The lowest BCUT2D eigenvalue weighted by Gasteiger charge is -2.22. The third-order valence-corrected chi connectivity index (χ3v) is 5.28. The molecule has 21 heavy (non-hydrogen) atoms. The van der Waals surface area contributed by atoms with Crippen LogP contribution in [0.5, 0.6) is 5.75 Å². The highest BCUT2D eigenvalue weighted by Gasteiger charge is 2.31. The molecule has 7 heteroatoms. The van der Waals surface area contributed by atoms with E-state index in [9.17, 15) is 10.1 Å². The molecule has 106 valence electrons. The smallest absolute Gasteiger partial charge is 0.305 e. The van der Waals surface area contributed by atoms with Crippen molar-refractivity contribution in [1.82, 2.24) is 4.98 Å². The molecular formula is C14H11N3O2S2. The van der Waals surface area contributed by atoms with E-state index in [-0.39, 0.29) is 10.8 Å². The van der Waals surface area contributed by atoms with Gasteiger partial charge in [0, 0.05) is 0 Å². The van der Waals surface area contributed by atoms with Gasteiger partial charge in [-0.1, -0.05) is 35.2 Å². The minimum absolute atomic E-state index is 0.141. The number of methoxy groups -OCH3 is 1. The van der Waals surface area contributed by atoms with E-state index in [4.69, 9.17) is 10.5 Å². The molecule has 1 aromatic carbocycles. The fourth-order valence-electron chi connectivity index (χ4n) is 2.26. The molecule has 1 aromatic heterocycles. The molecule has 1 aliphatic rings. The Labute approximate surface area is 129 Å². The standard InChI is InChI=1S/C14H11N3O2S2/c1-19-8-4-2-7(3-5-8)10-9(6-15)12(16)21-13-11(10)20-14(18)17-13/h2-5,10H,16H2,1H3,(H,17,18). The number of nitrogens with two attached hydrogens (primary N) is 1. The number of benzene rings is 1. The van der Waals surface area contributed by atoms with Gasteiger partial charge in [-0.05, 0) is 17.7 Å². The number of nitriles is 1. The predicted molar refractivity (Wildman–Crippen MR) is 82.5 cm³/mol. The summed E-state index contributed by atoms with van der Waals surface area (Å²) in [4.78, 5) is 15.1. The van der Waals surface area contributed by atoms with Crippen LogP contribution in [0.3, 0.4) is 0 Å². The quantitative estimate of drug-likeness (QED) is 0.887. The van der Waals surface area contributed by atoms with E-state index >= 15 is 0 Å². The summed E-state index contributed by atoms with van der Waals surface area (Å²) in [5.74, 6) is 0.433. The van der Waals surface area contributed by atoms with E-state index in [1.165, 1.54) is 11.8 Å². The Hall–Kier alpha value is -2.17. The largest absolute Gasteiger partial charge is 0.497 e. The Morgan fingerprint density at radius 3 is 2.71 bits per heavy atom. The van der Waals surface area contributed by atoms with E-state index < -0.39 is 0 Å². The number of thiazole rings is 1. The van der Waals surface area contributed by atoms with E-state index in [1.54, 1.807) is 7.11 Å². The number of H-pyrrole nitrogens is 1. The average molecular weight is 317 g/mol. The van der Waals surface area contributed by atoms with E-state index in [0.29, 0.717) is 10.6 Å².